The third kappa shape index (κ3) is 2.67. The monoisotopic (exact) mass is 379 g/mol. The molecular weight excluding hydrogens is 369 g/mol. The van der Waals surface area contributed by atoms with Gasteiger partial charge >= 0.3 is 0 Å². The Hall–Kier alpha value is -3.52. The molecule has 3 aromatic heterocycles. The third-order valence-corrected chi connectivity index (χ3v) is 4.40. The molecule has 5 rings (SSSR count). The molecular formula is C18H11ClFN7. The van der Waals surface area contributed by atoms with Gasteiger partial charge in [0.1, 0.15) is 12.1 Å². The Balaban J connectivity index is 1.59. The van der Waals surface area contributed by atoms with Crippen LogP contribution in [0.3, 0.4) is 0 Å². The number of rotatable bonds is 3. The minimum absolute atomic E-state index is 0.301. The van der Waals surface area contributed by atoms with Crippen LogP contribution in [0, 0.1) is 5.82 Å². The topological polar surface area (TPSA) is 72.9 Å². The summed E-state index contributed by atoms with van der Waals surface area (Å²) in [5, 5.41) is 17.3. The molecule has 0 bridgehead atoms. The third-order valence-electron chi connectivity index (χ3n) is 4.15. The van der Waals surface area contributed by atoms with E-state index < -0.39 is 0 Å². The fraction of sp³-hybridized carbons (Fsp3) is 0. The Morgan fingerprint density at radius 3 is 2.48 bits per heavy atom. The van der Waals surface area contributed by atoms with E-state index in [0.717, 1.165) is 11.1 Å². The molecule has 0 saturated heterocycles. The number of hydrogen-bond donors (Lipinski definition) is 1. The largest absolute Gasteiger partial charge is 0.324 e. The van der Waals surface area contributed by atoms with Crippen LogP contribution in [0.4, 0.5) is 16.0 Å². The molecule has 132 valence electrons. The van der Waals surface area contributed by atoms with Gasteiger partial charge in [0, 0.05) is 10.7 Å². The van der Waals surface area contributed by atoms with Crippen molar-refractivity contribution in [2.24, 2.45) is 0 Å². The molecule has 5 aromatic rings. The zero-order chi connectivity index (χ0) is 18.4. The van der Waals surface area contributed by atoms with Crippen LogP contribution in [0.2, 0.25) is 5.02 Å². The van der Waals surface area contributed by atoms with Crippen molar-refractivity contribution in [2.45, 2.75) is 0 Å². The normalized spacial score (nSPS) is 11.3. The summed E-state index contributed by atoms with van der Waals surface area (Å²) < 4.78 is 16.5. The van der Waals surface area contributed by atoms with E-state index in [2.05, 4.69) is 25.6 Å². The molecule has 1 N–H and O–H groups in total. The van der Waals surface area contributed by atoms with Gasteiger partial charge in [-0.2, -0.15) is 5.10 Å². The highest BCUT2D eigenvalue weighted by Gasteiger charge is 2.14. The second-order valence-corrected chi connectivity index (χ2v) is 6.30. The Morgan fingerprint density at radius 1 is 0.926 bits per heavy atom. The number of fused-ring (bicyclic) bond motifs is 3. The first-order chi connectivity index (χ1) is 13.2. The summed E-state index contributed by atoms with van der Waals surface area (Å²) in [6.45, 7) is 0. The van der Waals surface area contributed by atoms with E-state index in [0.29, 0.717) is 28.0 Å². The van der Waals surface area contributed by atoms with E-state index in [1.807, 2.05) is 12.1 Å². The second-order valence-electron chi connectivity index (χ2n) is 5.86. The summed E-state index contributed by atoms with van der Waals surface area (Å²) in [4.78, 5) is 4.51. The minimum Gasteiger partial charge on any atom is -0.324 e. The maximum absolute atomic E-state index is 13.1. The van der Waals surface area contributed by atoms with Gasteiger partial charge in [-0.1, -0.05) is 11.6 Å². The van der Waals surface area contributed by atoms with Crippen molar-refractivity contribution in [1.29, 1.82) is 0 Å². The Bertz CT molecular complexity index is 1260. The summed E-state index contributed by atoms with van der Waals surface area (Å²) >= 11 is 5.95. The van der Waals surface area contributed by atoms with E-state index in [9.17, 15) is 4.39 Å². The Morgan fingerprint density at radius 2 is 1.70 bits per heavy atom. The van der Waals surface area contributed by atoms with Gasteiger partial charge in [0.25, 0.3) is 0 Å². The van der Waals surface area contributed by atoms with Crippen LogP contribution in [0.5, 0.6) is 0 Å². The summed E-state index contributed by atoms with van der Waals surface area (Å²) in [5.74, 6) is 0.176. The van der Waals surface area contributed by atoms with Gasteiger partial charge in [-0.05, 0) is 48.5 Å². The maximum Gasteiger partial charge on any atom is 0.234 e. The standard InChI is InChI=1S/C18H11ClFN7/c19-11-1-7-14(8-2-11)27-16-15(9-22-27)17-24-25-18(26(17)10-21-16)23-13-5-3-12(20)4-6-13/h1-10H,(H,23,25). The highest BCUT2D eigenvalue weighted by atomic mass is 35.5. The van der Waals surface area contributed by atoms with Crippen molar-refractivity contribution < 1.29 is 4.39 Å². The van der Waals surface area contributed by atoms with Crippen molar-refractivity contribution >= 4 is 39.9 Å². The zero-order valence-electron chi connectivity index (χ0n) is 13.7. The van der Waals surface area contributed by atoms with Gasteiger partial charge in [0.15, 0.2) is 11.3 Å². The van der Waals surface area contributed by atoms with Crippen molar-refractivity contribution in [1.82, 2.24) is 29.4 Å². The average Bonchev–Trinajstić information content (AvgIpc) is 3.28. The Kier molecular flexibility index (Phi) is 3.51. The number of benzene rings is 2. The van der Waals surface area contributed by atoms with Crippen molar-refractivity contribution in [3.63, 3.8) is 0 Å². The molecule has 9 heteroatoms. The van der Waals surface area contributed by atoms with Gasteiger partial charge in [0.2, 0.25) is 5.95 Å². The van der Waals surface area contributed by atoms with Gasteiger partial charge in [-0.15, -0.1) is 10.2 Å². The van der Waals surface area contributed by atoms with Gasteiger partial charge in [-0.3, -0.25) is 4.40 Å². The smallest absolute Gasteiger partial charge is 0.234 e. The highest BCUT2D eigenvalue weighted by Crippen LogP contribution is 2.23. The predicted octanol–water partition coefficient (Wildman–Crippen LogP) is 4.00. The molecule has 0 aliphatic carbocycles. The van der Waals surface area contributed by atoms with Gasteiger partial charge in [-0.25, -0.2) is 14.1 Å². The summed E-state index contributed by atoms with van der Waals surface area (Å²) in [6, 6.07) is 13.3. The number of hydrogen-bond acceptors (Lipinski definition) is 5. The van der Waals surface area contributed by atoms with Crippen LogP contribution < -0.4 is 5.32 Å². The van der Waals surface area contributed by atoms with Crippen LogP contribution in [0.1, 0.15) is 0 Å². The fourth-order valence-electron chi connectivity index (χ4n) is 2.84. The molecule has 27 heavy (non-hydrogen) atoms. The molecule has 7 nitrogen and oxygen atoms in total. The SMILES string of the molecule is Fc1ccc(Nc2nnc3c4cnn(-c5ccc(Cl)cc5)c4ncn23)cc1. The summed E-state index contributed by atoms with van der Waals surface area (Å²) in [7, 11) is 0. The van der Waals surface area contributed by atoms with E-state index in [1.165, 1.54) is 12.1 Å². The van der Waals surface area contributed by atoms with Crippen LogP contribution in [-0.2, 0) is 0 Å². The molecule has 0 fully saturated rings. The first kappa shape index (κ1) is 15.7. The maximum atomic E-state index is 13.1. The minimum atomic E-state index is -0.301. The molecule has 0 amide bonds. The molecule has 0 spiro atoms. The number of aromatic nitrogens is 6. The molecule has 0 radical (unpaired) electrons. The van der Waals surface area contributed by atoms with Crippen LogP contribution in [-0.4, -0.2) is 29.4 Å². The molecule has 0 aliphatic rings. The van der Waals surface area contributed by atoms with Crippen molar-refractivity contribution in [3.05, 3.63) is 71.9 Å². The lowest BCUT2D eigenvalue weighted by molar-refractivity contribution is 0.628. The van der Waals surface area contributed by atoms with Crippen molar-refractivity contribution in [2.75, 3.05) is 5.32 Å². The molecule has 0 aliphatic heterocycles. The Labute approximate surface area is 157 Å². The first-order valence-electron chi connectivity index (χ1n) is 8.05. The lowest BCUT2D eigenvalue weighted by Crippen LogP contribution is -2.00. The number of nitrogens with zero attached hydrogens (tertiary/aromatic N) is 6. The molecule has 0 saturated carbocycles. The predicted molar refractivity (Wildman–Crippen MR) is 100 cm³/mol. The summed E-state index contributed by atoms with van der Waals surface area (Å²) in [5.41, 5.74) is 2.81. The van der Waals surface area contributed by atoms with Crippen LogP contribution >= 0.6 is 11.6 Å². The van der Waals surface area contributed by atoms with Gasteiger partial charge < -0.3 is 5.32 Å². The number of anilines is 2. The first-order valence-corrected chi connectivity index (χ1v) is 8.43. The van der Waals surface area contributed by atoms with Crippen LogP contribution in [0.25, 0.3) is 22.4 Å². The molecule has 2 aromatic carbocycles. The van der Waals surface area contributed by atoms with E-state index >= 15 is 0 Å². The lowest BCUT2D eigenvalue weighted by Gasteiger charge is -2.05. The van der Waals surface area contributed by atoms with Crippen molar-refractivity contribution in [3.8, 4) is 5.69 Å². The second kappa shape index (κ2) is 6.03. The van der Waals surface area contributed by atoms with Crippen LogP contribution in [0.15, 0.2) is 61.1 Å². The van der Waals surface area contributed by atoms with E-state index in [4.69, 9.17) is 11.6 Å². The van der Waals surface area contributed by atoms with E-state index in [-0.39, 0.29) is 5.82 Å². The van der Waals surface area contributed by atoms with Gasteiger partial charge in [0.05, 0.1) is 17.3 Å². The molecule has 0 atom stereocenters. The van der Waals surface area contributed by atoms with E-state index in [1.54, 1.807) is 45.9 Å². The number of nitrogens with one attached hydrogen (secondary N) is 1. The molecule has 3 heterocycles. The zero-order valence-corrected chi connectivity index (χ0v) is 14.5. The average molecular weight is 380 g/mol. The quantitative estimate of drug-likeness (QED) is 0.513. The summed E-state index contributed by atoms with van der Waals surface area (Å²) in [6.07, 6.45) is 3.32. The lowest BCUT2D eigenvalue weighted by atomic mass is 10.3. The number of halogens is 2. The highest BCUT2D eigenvalue weighted by molar-refractivity contribution is 6.30. The fourth-order valence-corrected chi connectivity index (χ4v) is 2.97. The molecule has 0 unspecified atom stereocenters.